The lowest BCUT2D eigenvalue weighted by molar-refractivity contribution is 0.172. The van der Waals surface area contributed by atoms with E-state index < -0.39 is 0 Å². The lowest BCUT2D eigenvalue weighted by Gasteiger charge is -2.16. The van der Waals surface area contributed by atoms with Crippen molar-refractivity contribution in [3.05, 3.63) is 54.1 Å². The van der Waals surface area contributed by atoms with Crippen LogP contribution in [0.2, 0.25) is 0 Å². The van der Waals surface area contributed by atoms with E-state index in [4.69, 9.17) is 14.2 Å². The first-order chi connectivity index (χ1) is 14.6. The van der Waals surface area contributed by atoms with Crippen LogP contribution in [0.1, 0.15) is 12.0 Å². The number of halogens is 1. The monoisotopic (exact) mass is 542 g/mol. The zero-order chi connectivity index (χ0) is 21.6. The molecule has 0 aliphatic carbocycles. The van der Waals surface area contributed by atoms with Crippen LogP contribution >= 0.6 is 24.0 Å². The van der Waals surface area contributed by atoms with Gasteiger partial charge < -0.3 is 29.7 Å². The van der Waals surface area contributed by atoms with Crippen LogP contribution in [-0.2, 0) is 11.3 Å². The Labute approximate surface area is 203 Å². The summed E-state index contributed by atoms with van der Waals surface area (Å²) in [5.74, 6) is 2.37. The molecule has 2 aromatic carbocycles. The molecule has 0 atom stereocenters. The average Bonchev–Trinajstić information content (AvgIpc) is 2.75. The van der Waals surface area contributed by atoms with Crippen molar-refractivity contribution < 1.29 is 14.2 Å². The van der Waals surface area contributed by atoms with Gasteiger partial charge in [-0.2, -0.15) is 0 Å². The summed E-state index contributed by atoms with van der Waals surface area (Å²) < 4.78 is 16.7. The number of rotatable bonds is 12. The van der Waals surface area contributed by atoms with Crippen LogP contribution in [0.4, 0.5) is 5.69 Å². The predicted molar refractivity (Wildman–Crippen MR) is 138 cm³/mol. The third-order valence-corrected chi connectivity index (χ3v) is 4.30. The second-order valence-electron chi connectivity index (χ2n) is 7.03. The second kappa shape index (κ2) is 15.7. The summed E-state index contributed by atoms with van der Waals surface area (Å²) in [4.78, 5) is 6.42. The highest BCUT2D eigenvalue weighted by molar-refractivity contribution is 14.0. The number of hydrogen-bond acceptors (Lipinski definition) is 5. The molecule has 0 fully saturated rings. The smallest absolute Gasteiger partial charge is 0.195 e. The van der Waals surface area contributed by atoms with Crippen LogP contribution in [0, 0.1) is 0 Å². The molecular formula is C23H35IN4O3. The molecule has 0 saturated carbocycles. The molecule has 0 aliphatic heterocycles. The van der Waals surface area contributed by atoms with Gasteiger partial charge in [0, 0.05) is 57.6 Å². The zero-order valence-electron chi connectivity index (χ0n) is 18.9. The van der Waals surface area contributed by atoms with Crippen molar-refractivity contribution in [1.29, 1.82) is 0 Å². The number of nitrogens with one attached hydrogen (secondary N) is 2. The van der Waals surface area contributed by atoms with Crippen molar-refractivity contribution in [2.75, 3.05) is 59.9 Å². The minimum atomic E-state index is 0. The number of benzene rings is 2. The summed E-state index contributed by atoms with van der Waals surface area (Å²) in [5.41, 5.74) is 1.98. The van der Waals surface area contributed by atoms with Gasteiger partial charge >= 0.3 is 0 Å². The van der Waals surface area contributed by atoms with Gasteiger partial charge in [0.15, 0.2) is 5.96 Å². The van der Waals surface area contributed by atoms with Crippen molar-refractivity contribution in [2.24, 2.45) is 4.99 Å². The van der Waals surface area contributed by atoms with E-state index in [2.05, 4.69) is 26.6 Å². The van der Waals surface area contributed by atoms with Crippen molar-refractivity contribution in [2.45, 2.75) is 13.0 Å². The second-order valence-corrected chi connectivity index (χ2v) is 7.03. The fourth-order valence-electron chi connectivity index (χ4n) is 2.68. The molecule has 7 nitrogen and oxygen atoms in total. The van der Waals surface area contributed by atoms with E-state index in [0.717, 1.165) is 35.7 Å². The molecule has 0 aromatic heterocycles. The quantitative estimate of drug-likeness (QED) is 0.184. The molecule has 0 aliphatic rings. The molecule has 172 valence electrons. The molecule has 0 amide bonds. The summed E-state index contributed by atoms with van der Waals surface area (Å²) in [6.07, 6.45) is 0.855. The number of nitrogens with zero attached hydrogens (tertiary/aromatic N) is 2. The number of para-hydroxylation sites is 1. The van der Waals surface area contributed by atoms with E-state index in [9.17, 15) is 0 Å². The van der Waals surface area contributed by atoms with Gasteiger partial charge in [-0.05, 0) is 32.3 Å². The summed E-state index contributed by atoms with van der Waals surface area (Å²) in [5, 5.41) is 6.65. The molecule has 0 bridgehead atoms. The summed E-state index contributed by atoms with van der Waals surface area (Å²) in [7, 11) is 7.51. The molecular weight excluding hydrogens is 507 g/mol. The largest absolute Gasteiger partial charge is 0.493 e. The van der Waals surface area contributed by atoms with Crippen LogP contribution in [0.5, 0.6) is 11.5 Å². The topological polar surface area (TPSA) is 67.4 Å². The fourth-order valence-corrected chi connectivity index (χ4v) is 2.68. The highest BCUT2D eigenvalue weighted by Gasteiger charge is 2.06. The molecule has 0 heterocycles. The van der Waals surface area contributed by atoms with Gasteiger partial charge in [0.05, 0.1) is 6.61 Å². The number of ether oxygens (including phenoxy) is 3. The molecule has 0 spiro atoms. The maximum atomic E-state index is 5.94. The average molecular weight is 542 g/mol. The highest BCUT2D eigenvalue weighted by atomic mass is 127. The van der Waals surface area contributed by atoms with Gasteiger partial charge in [-0.25, -0.2) is 0 Å². The van der Waals surface area contributed by atoms with Crippen molar-refractivity contribution >= 4 is 35.6 Å². The van der Waals surface area contributed by atoms with Gasteiger partial charge in [-0.1, -0.05) is 24.3 Å². The summed E-state index contributed by atoms with van der Waals surface area (Å²) in [6.45, 7) is 3.43. The summed E-state index contributed by atoms with van der Waals surface area (Å²) in [6, 6.07) is 15.9. The maximum absolute atomic E-state index is 5.94. The zero-order valence-corrected chi connectivity index (χ0v) is 21.2. The standard InChI is InChI=1S/C23H34N4O3.HI/c1-24-23(26-20-10-7-11-21(17-20)29-15-8-14-28-4)25-18-19-9-5-6-12-22(19)30-16-13-27(2)3;/h5-7,9-12,17H,8,13-16,18H2,1-4H3,(H2,24,25,26);1H. The molecule has 0 saturated heterocycles. The Bertz CT molecular complexity index is 787. The number of guanidine groups is 1. The molecule has 2 rings (SSSR count). The number of likely N-dealkylation sites (N-methyl/N-ethyl adjacent to an activating group) is 1. The van der Waals surface area contributed by atoms with E-state index in [-0.39, 0.29) is 24.0 Å². The Morgan fingerprint density at radius 3 is 2.55 bits per heavy atom. The van der Waals surface area contributed by atoms with E-state index >= 15 is 0 Å². The van der Waals surface area contributed by atoms with Crippen LogP contribution in [0.25, 0.3) is 0 Å². The van der Waals surface area contributed by atoms with Gasteiger partial charge in [0.1, 0.15) is 18.1 Å². The first kappa shape index (κ1) is 27.0. The van der Waals surface area contributed by atoms with Crippen LogP contribution in [0.3, 0.4) is 0 Å². The number of hydrogen-bond donors (Lipinski definition) is 2. The third kappa shape index (κ3) is 10.7. The van der Waals surface area contributed by atoms with Gasteiger partial charge in [-0.15, -0.1) is 24.0 Å². The Morgan fingerprint density at radius 1 is 1.00 bits per heavy atom. The molecule has 8 heteroatoms. The first-order valence-corrected chi connectivity index (χ1v) is 10.2. The molecule has 0 unspecified atom stereocenters. The van der Waals surface area contributed by atoms with Crippen molar-refractivity contribution in [1.82, 2.24) is 10.2 Å². The third-order valence-electron chi connectivity index (χ3n) is 4.30. The fraction of sp³-hybridized carbons (Fsp3) is 0.435. The maximum Gasteiger partial charge on any atom is 0.195 e. The minimum Gasteiger partial charge on any atom is -0.493 e. The Kier molecular flexibility index (Phi) is 13.7. The number of anilines is 1. The van der Waals surface area contributed by atoms with Gasteiger partial charge in [0.2, 0.25) is 0 Å². The van der Waals surface area contributed by atoms with Crippen LogP contribution in [0.15, 0.2) is 53.5 Å². The highest BCUT2D eigenvalue weighted by Crippen LogP contribution is 2.19. The van der Waals surface area contributed by atoms with Gasteiger partial charge in [0.25, 0.3) is 0 Å². The van der Waals surface area contributed by atoms with E-state index in [1.165, 1.54) is 0 Å². The Morgan fingerprint density at radius 2 is 1.81 bits per heavy atom. The van der Waals surface area contributed by atoms with Crippen molar-refractivity contribution in [3.8, 4) is 11.5 Å². The minimum absolute atomic E-state index is 0. The SMILES string of the molecule is CN=C(NCc1ccccc1OCCN(C)C)Nc1cccc(OCCCOC)c1.I. The molecule has 2 aromatic rings. The Hall–Kier alpha value is -2.04. The molecule has 2 N–H and O–H groups in total. The Balaban J connectivity index is 0.00000480. The normalized spacial score (nSPS) is 11.1. The van der Waals surface area contributed by atoms with E-state index in [0.29, 0.717) is 32.3 Å². The van der Waals surface area contributed by atoms with E-state index in [1.807, 2.05) is 56.6 Å². The first-order valence-electron chi connectivity index (χ1n) is 10.2. The van der Waals surface area contributed by atoms with E-state index in [1.54, 1.807) is 14.2 Å². The van der Waals surface area contributed by atoms with Crippen LogP contribution < -0.4 is 20.1 Å². The molecule has 31 heavy (non-hydrogen) atoms. The lowest BCUT2D eigenvalue weighted by atomic mass is 10.2. The summed E-state index contributed by atoms with van der Waals surface area (Å²) >= 11 is 0. The van der Waals surface area contributed by atoms with Crippen LogP contribution in [-0.4, -0.2) is 65.5 Å². The lowest BCUT2D eigenvalue weighted by Crippen LogP contribution is -2.30. The molecule has 0 radical (unpaired) electrons. The number of aliphatic imine (C=N–C) groups is 1. The van der Waals surface area contributed by atoms with Crippen molar-refractivity contribution in [3.63, 3.8) is 0 Å². The van der Waals surface area contributed by atoms with Gasteiger partial charge in [-0.3, -0.25) is 4.99 Å². The predicted octanol–water partition coefficient (Wildman–Crippen LogP) is 3.85. The number of methoxy groups -OCH3 is 1.